The standard InChI is InChI=1S/C18H22INO2/c1-11(19)17(21)22-18(12-5-3-2-4-6-12)13-7-15-9-14(18)10-16(8-13)20-15/h2-6,11,13-16,20H,7-10H2,1H3/p+1. The molecule has 2 saturated carbocycles. The molecule has 22 heavy (non-hydrogen) atoms. The third kappa shape index (κ3) is 2.21. The van der Waals surface area contributed by atoms with Gasteiger partial charge in [-0.15, -0.1) is 0 Å². The average molecular weight is 412 g/mol. The molecule has 5 rings (SSSR count). The summed E-state index contributed by atoms with van der Waals surface area (Å²) in [5.41, 5.74) is 0.841. The summed E-state index contributed by atoms with van der Waals surface area (Å²) in [7, 11) is 0. The van der Waals surface area contributed by atoms with Crippen molar-refractivity contribution in [2.45, 2.75) is 54.2 Å². The minimum absolute atomic E-state index is 0.0547. The minimum Gasteiger partial charge on any atom is -0.453 e. The number of alkyl halides is 1. The molecule has 0 spiro atoms. The first-order valence-electron chi connectivity index (χ1n) is 8.37. The second kappa shape index (κ2) is 5.48. The summed E-state index contributed by atoms with van der Waals surface area (Å²) in [6, 6.07) is 12.0. The molecule has 4 heteroatoms. The molecule has 2 aliphatic heterocycles. The van der Waals surface area contributed by atoms with Crippen LogP contribution in [-0.4, -0.2) is 22.0 Å². The molecule has 1 atom stereocenters. The van der Waals surface area contributed by atoms with E-state index in [2.05, 4.69) is 52.2 Å². The highest BCUT2D eigenvalue weighted by atomic mass is 127. The van der Waals surface area contributed by atoms with Crippen LogP contribution < -0.4 is 5.32 Å². The van der Waals surface area contributed by atoms with Gasteiger partial charge in [0, 0.05) is 37.5 Å². The first-order chi connectivity index (χ1) is 10.6. The average Bonchev–Trinajstić information content (AvgIpc) is 2.51. The zero-order chi connectivity index (χ0) is 15.3. The topological polar surface area (TPSA) is 42.9 Å². The Kier molecular flexibility index (Phi) is 3.72. The summed E-state index contributed by atoms with van der Waals surface area (Å²) in [6.07, 6.45) is 4.74. The normalized spacial score (nSPS) is 40.5. The summed E-state index contributed by atoms with van der Waals surface area (Å²) in [4.78, 5) is 12.5. The summed E-state index contributed by atoms with van der Waals surface area (Å²) in [5, 5.41) is 2.57. The van der Waals surface area contributed by atoms with Gasteiger partial charge in [0.1, 0.15) is 9.53 Å². The summed E-state index contributed by atoms with van der Waals surface area (Å²) >= 11 is 2.17. The predicted molar refractivity (Wildman–Crippen MR) is 92.6 cm³/mol. The number of esters is 1. The number of rotatable bonds is 3. The Morgan fingerprint density at radius 2 is 1.73 bits per heavy atom. The first-order valence-corrected chi connectivity index (χ1v) is 9.61. The first kappa shape index (κ1) is 14.9. The Labute approximate surface area is 145 Å². The molecule has 2 N–H and O–H groups in total. The lowest BCUT2D eigenvalue weighted by molar-refractivity contribution is -0.752. The number of carbonyl (C=O) groups is 1. The van der Waals surface area contributed by atoms with E-state index in [0.717, 1.165) is 12.1 Å². The number of nitrogens with two attached hydrogens (primary N) is 1. The Morgan fingerprint density at radius 1 is 1.18 bits per heavy atom. The number of ether oxygens (including phenoxy) is 1. The number of hydrogen-bond donors (Lipinski definition) is 1. The van der Waals surface area contributed by atoms with Crippen molar-refractivity contribution in [3.05, 3.63) is 35.9 Å². The molecule has 4 aliphatic rings. The number of carbonyl (C=O) groups excluding carboxylic acids is 1. The third-order valence-electron chi connectivity index (χ3n) is 5.93. The van der Waals surface area contributed by atoms with Gasteiger partial charge in [-0.3, -0.25) is 4.79 Å². The smallest absolute Gasteiger partial charge is 0.319 e. The molecule has 118 valence electrons. The second-order valence-corrected chi connectivity index (χ2v) is 9.11. The number of quaternary nitrogens is 1. The molecule has 2 heterocycles. The van der Waals surface area contributed by atoms with Gasteiger partial charge in [-0.1, -0.05) is 52.9 Å². The van der Waals surface area contributed by atoms with Gasteiger partial charge in [-0.25, -0.2) is 0 Å². The molecule has 3 nitrogen and oxygen atoms in total. The van der Waals surface area contributed by atoms with E-state index >= 15 is 0 Å². The lowest BCUT2D eigenvalue weighted by Crippen LogP contribution is -3.01. The van der Waals surface area contributed by atoms with E-state index < -0.39 is 0 Å². The van der Waals surface area contributed by atoms with Crippen LogP contribution in [0.3, 0.4) is 0 Å². The van der Waals surface area contributed by atoms with E-state index in [4.69, 9.17) is 4.74 Å². The number of piperidine rings is 2. The van der Waals surface area contributed by atoms with Gasteiger partial charge in [0.05, 0.1) is 12.1 Å². The second-order valence-electron chi connectivity index (χ2n) is 7.25. The van der Waals surface area contributed by atoms with E-state index in [1.54, 1.807) is 0 Å². The maximum absolute atomic E-state index is 12.5. The maximum atomic E-state index is 12.5. The SMILES string of the molecule is CC(I)C(=O)OC1(c2ccccc2)C2CC3CC1CC(C2)[NH2+]3. The van der Waals surface area contributed by atoms with Crippen molar-refractivity contribution in [3.8, 4) is 0 Å². The summed E-state index contributed by atoms with van der Waals surface area (Å²) in [5.74, 6) is 0.920. The molecule has 2 aliphatic carbocycles. The Hall–Kier alpha value is -0.620. The predicted octanol–water partition coefficient (Wildman–Crippen LogP) is 2.38. The van der Waals surface area contributed by atoms with Crippen LogP contribution >= 0.6 is 22.6 Å². The summed E-state index contributed by atoms with van der Waals surface area (Å²) in [6.45, 7) is 1.92. The molecule has 0 amide bonds. The van der Waals surface area contributed by atoms with Gasteiger partial charge in [0.15, 0.2) is 0 Å². The van der Waals surface area contributed by atoms with Crippen molar-refractivity contribution in [2.24, 2.45) is 11.8 Å². The monoisotopic (exact) mass is 412 g/mol. The molecule has 1 aromatic rings. The van der Waals surface area contributed by atoms with Crippen LogP contribution in [0.2, 0.25) is 0 Å². The molecule has 0 aromatic heterocycles. The van der Waals surface area contributed by atoms with Crippen LogP contribution in [0, 0.1) is 11.8 Å². The van der Waals surface area contributed by atoms with Crippen LogP contribution in [-0.2, 0) is 15.1 Å². The van der Waals surface area contributed by atoms with Gasteiger partial charge >= 0.3 is 5.97 Å². The lowest BCUT2D eigenvalue weighted by atomic mass is 9.54. The highest BCUT2D eigenvalue weighted by Gasteiger charge is 2.62. The molecule has 0 radical (unpaired) electrons. The minimum atomic E-state index is -0.376. The van der Waals surface area contributed by atoms with Gasteiger partial charge in [-0.05, 0) is 12.5 Å². The van der Waals surface area contributed by atoms with Crippen molar-refractivity contribution < 1.29 is 14.8 Å². The van der Waals surface area contributed by atoms with Gasteiger partial charge in [-0.2, -0.15) is 0 Å². The zero-order valence-corrected chi connectivity index (χ0v) is 15.0. The Morgan fingerprint density at radius 3 is 2.23 bits per heavy atom. The van der Waals surface area contributed by atoms with E-state index in [1.807, 2.05) is 13.0 Å². The molecule has 4 bridgehead atoms. The Bertz CT molecular complexity index is 544. The zero-order valence-electron chi connectivity index (χ0n) is 12.9. The number of hydrogen-bond acceptors (Lipinski definition) is 2. The fraction of sp³-hybridized carbons (Fsp3) is 0.611. The van der Waals surface area contributed by atoms with Crippen molar-refractivity contribution in [1.29, 1.82) is 0 Å². The molecule has 2 saturated heterocycles. The van der Waals surface area contributed by atoms with Crippen molar-refractivity contribution >= 4 is 28.6 Å². The molecular formula is C18H23INO2+. The number of benzene rings is 1. The van der Waals surface area contributed by atoms with Crippen LogP contribution in [0.15, 0.2) is 30.3 Å². The third-order valence-corrected chi connectivity index (χ3v) is 6.43. The maximum Gasteiger partial charge on any atom is 0.319 e. The van der Waals surface area contributed by atoms with Crippen LogP contribution in [0.5, 0.6) is 0 Å². The van der Waals surface area contributed by atoms with E-state index in [0.29, 0.717) is 11.8 Å². The molecule has 4 fully saturated rings. The highest BCUT2D eigenvalue weighted by molar-refractivity contribution is 14.1. The van der Waals surface area contributed by atoms with Crippen molar-refractivity contribution in [1.82, 2.24) is 0 Å². The van der Waals surface area contributed by atoms with Crippen molar-refractivity contribution in [2.75, 3.05) is 0 Å². The molecule has 1 aromatic carbocycles. The van der Waals surface area contributed by atoms with Crippen LogP contribution in [0.25, 0.3) is 0 Å². The largest absolute Gasteiger partial charge is 0.453 e. The highest BCUT2D eigenvalue weighted by Crippen LogP contribution is 2.56. The molecule has 1 unspecified atom stereocenters. The number of halogens is 1. The fourth-order valence-corrected chi connectivity index (χ4v) is 5.35. The van der Waals surface area contributed by atoms with E-state index in [1.165, 1.54) is 31.2 Å². The van der Waals surface area contributed by atoms with Gasteiger partial charge < -0.3 is 10.1 Å². The quantitative estimate of drug-likeness (QED) is 0.471. The fourth-order valence-electron chi connectivity index (χ4n) is 5.22. The van der Waals surface area contributed by atoms with Gasteiger partial charge in [0.2, 0.25) is 0 Å². The lowest BCUT2D eigenvalue weighted by Gasteiger charge is -2.58. The molecular weight excluding hydrogens is 389 g/mol. The van der Waals surface area contributed by atoms with E-state index in [-0.39, 0.29) is 15.5 Å². The Balaban J connectivity index is 1.78. The van der Waals surface area contributed by atoms with Crippen LogP contribution in [0.4, 0.5) is 0 Å². The summed E-state index contributed by atoms with van der Waals surface area (Å²) < 4.78 is 6.21. The van der Waals surface area contributed by atoms with E-state index in [9.17, 15) is 4.79 Å². The van der Waals surface area contributed by atoms with Gasteiger partial charge in [0.25, 0.3) is 0 Å². The van der Waals surface area contributed by atoms with Crippen LogP contribution in [0.1, 0.15) is 38.2 Å². The van der Waals surface area contributed by atoms with Crippen molar-refractivity contribution in [3.63, 3.8) is 0 Å².